The number of hydrogen-bond donors (Lipinski definition) is 0. The average Bonchev–Trinajstić information content (AvgIpc) is 2.93. The van der Waals surface area contributed by atoms with Crippen molar-refractivity contribution in [2.45, 2.75) is 181 Å². The highest BCUT2D eigenvalue weighted by Gasteiger charge is 2.06. The molecule has 0 aromatic carbocycles. The summed E-state index contributed by atoms with van der Waals surface area (Å²) in [6.07, 6.45) is 32.3. The zero-order chi connectivity index (χ0) is 28.5. The van der Waals surface area contributed by atoms with Gasteiger partial charge in [-0.2, -0.15) is 25.3 Å². The Hall–Kier alpha value is -0.360. The molecule has 0 aliphatic rings. The monoisotopic (exact) mass is 604 g/mol. The lowest BCUT2D eigenvalue weighted by molar-refractivity contribution is -0.144. The van der Waals surface area contributed by atoms with E-state index in [0.29, 0.717) is 37.6 Å². The maximum atomic E-state index is 11.9. The molecule has 0 rings (SSSR count). The van der Waals surface area contributed by atoms with Gasteiger partial charge in [0.25, 0.3) is 0 Å². The van der Waals surface area contributed by atoms with Gasteiger partial charge in [-0.15, -0.1) is 0 Å². The van der Waals surface area contributed by atoms with Crippen molar-refractivity contribution in [2.24, 2.45) is 0 Å². The number of carbonyl (C=O) groups excluding carboxylic acids is 2. The highest BCUT2D eigenvalue weighted by molar-refractivity contribution is 7.99. The lowest BCUT2D eigenvalue weighted by Crippen LogP contribution is -2.09. The van der Waals surface area contributed by atoms with Crippen LogP contribution >= 0.6 is 25.3 Å². The van der Waals surface area contributed by atoms with Crippen LogP contribution in [0.1, 0.15) is 181 Å². The van der Waals surface area contributed by atoms with Gasteiger partial charge in [0.1, 0.15) is 0 Å². The molecule has 0 amide bonds. The molecule has 0 unspecified atom stereocenters. The summed E-state index contributed by atoms with van der Waals surface area (Å²) in [5.74, 6) is 1.20. The molecule has 4 nitrogen and oxygen atoms in total. The summed E-state index contributed by atoms with van der Waals surface area (Å²) in [5, 5.41) is 0. The molecule has 0 bridgehead atoms. The Morgan fingerprint density at radius 1 is 0.425 bits per heavy atom. The van der Waals surface area contributed by atoms with Crippen LogP contribution in [0.2, 0.25) is 0 Å². The zero-order valence-electron chi connectivity index (χ0n) is 26.8. The summed E-state index contributed by atoms with van der Waals surface area (Å²) in [6.45, 7) is 5.63. The summed E-state index contributed by atoms with van der Waals surface area (Å²) >= 11 is 1.63. The van der Waals surface area contributed by atoms with E-state index in [1.165, 1.54) is 128 Å². The van der Waals surface area contributed by atoms with Crippen LogP contribution in [0, 0.1) is 0 Å². The van der Waals surface area contributed by atoms with Gasteiger partial charge in [-0.3, -0.25) is 9.59 Å². The molecule has 0 saturated carbocycles. The largest absolute Gasteiger partial charge is 0.466 e. The van der Waals surface area contributed by atoms with Crippen LogP contribution in [0.3, 0.4) is 0 Å². The molecule has 0 radical (unpaired) electrons. The van der Waals surface area contributed by atoms with Crippen molar-refractivity contribution in [2.75, 3.05) is 24.7 Å². The number of unbranched alkanes of at least 4 members (excludes halogenated alkanes) is 22. The molecule has 0 aliphatic heterocycles. The lowest BCUT2D eigenvalue weighted by Gasteiger charge is -2.06. The van der Waals surface area contributed by atoms with E-state index in [-0.39, 0.29) is 25.4 Å². The van der Waals surface area contributed by atoms with Crippen LogP contribution in [0.5, 0.6) is 0 Å². The van der Waals surface area contributed by atoms with E-state index < -0.39 is 0 Å². The highest BCUT2D eigenvalue weighted by atomic mass is 32.2. The fourth-order valence-electron chi connectivity index (χ4n) is 4.82. The normalized spacial score (nSPS) is 10.8. The maximum absolute atomic E-state index is 11.9. The molecule has 0 aliphatic carbocycles. The van der Waals surface area contributed by atoms with Gasteiger partial charge in [0.05, 0.1) is 26.1 Å². The van der Waals surface area contributed by atoms with E-state index in [9.17, 15) is 9.59 Å². The quantitative estimate of drug-likeness (QED) is 0.0564. The summed E-state index contributed by atoms with van der Waals surface area (Å²) < 4.78 is 10.7. The smallest absolute Gasteiger partial charge is 0.306 e. The van der Waals surface area contributed by atoms with E-state index in [1.54, 1.807) is 11.8 Å². The van der Waals surface area contributed by atoms with Crippen LogP contribution < -0.4 is 0 Å². The third-order valence-electron chi connectivity index (χ3n) is 7.42. The molecular formula is C34H68O4S2. The first-order valence-electron chi connectivity index (χ1n) is 17.1. The van der Waals surface area contributed by atoms with Crippen molar-refractivity contribution < 1.29 is 19.1 Å². The fraction of sp³-hybridized carbons (Fsp3) is 0.941. The third-order valence-corrected chi connectivity index (χ3v) is 8.41. The average molecular weight is 605 g/mol. The topological polar surface area (TPSA) is 52.6 Å². The molecule has 0 N–H and O–H groups in total. The number of carbonyl (C=O) groups is 2. The van der Waals surface area contributed by atoms with Crippen molar-refractivity contribution in [1.29, 1.82) is 0 Å². The number of ether oxygens (including phenoxy) is 2. The van der Waals surface area contributed by atoms with Gasteiger partial charge in [-0.1, -0.05) is 155 Å². The minimum atomic E-state index is -0.111. The first-order valence-corrected chi connectivity index (χ1v) is 18.2. The van der Waals surface area contributed by atoms with Gasteiger partial charge in [0.15, 0.2) is 0 Å². The van der Waals surface area contributed by atoms with Crippen LogP contribution in [0.25, 0.3) is 0 Å². The van der Waals surface area contributed by atoms with Gasteiger partial charge in [-0.05, 0) is 12.8 Å². The Labute approximate surface area is 261 Å². The first kappa shape index (κ1) is 41.8. The van der Waals surface area contributed by atoms with Gasteiger partial charge in [-0.25, -0.2) is 0 Å². The summed E-state index contributed by atoms with van der Waals surface area (Å²) in [5.41, 5.74) is 0. The number of hydrogen-bond acceptors (Lipinski definition) is 5. The summed E-state index contributed by atoms with van der Waals surface area (Å²) in [7, 11) is 0. The van der Waals surface area contributed by atoms with Crippen LogP contribution in [0.15, 0.2) is 0 Å². The predicted octanol–water partition coefficient (Wildman–Crippen LogP) is 11.1. The number of esters is 2. The molecule has 6 heteroatoms. The molecule has 0 fully saturated rings. The molecule has 0 aromatic rings. The van der Waals surface area contributed by atoms with Crippen molar-refractivity contribution in [3.8, 4) is 0 Å². The Morgan fingerprint density at radius 3 is 0.950 bits per heavy atom. The van der Waals surface area contributed by atoms with Crippen LogP contribution in [-0.2, 0) is 19.1 Å². The summed E-state index contributed by atoms with van der Waals surface area (Å²) in [6, 6.07) is 0. The Balaban J connectivity index is 0. The number of thioether (sulfide) groups is 1. The maximum Gasteiger partial charge on any atom is 0.306 e. The zero-order valence-corrected chi connectivity index (χ0v) is 28.6. The first-order chi connectivity index (χ1) is 19.2. The van der Waals surface area contributed by atoms with Gasteiger partial charge < -0.3 is 9.47 Å². The highest BCUT2D eigenvalue weighted by Crippen LogP contribution is 2.13. The lowest BCUT2D eigenvalue weighted by atomic mass is 10.1. The minimum absolute atomic E-state index is 0. The van der Waals surface area contributed by atoms with E-state index >= 15 is 0 Å². The molecule has 0 heterocycles. The van der Waals surface area contributed by atoms with E-state index in [2.05, 4.69) is 13.8 Å². The van der Waals surface area contributed by atoms with E-state index in [0.717, 1.165) is 25.7 Å². The second-order valence-corrected chi connectivity index (χ2v) is 12.6. The van der Waals surface area contributed by atoms with Crippen LogP contribution in [0.4, 0.5) is 0 Å². The number of rotatable bonds is 32. The van der Waals surface area contributed by atoms with Crippen LogP contribution in [-0.4, -0.2) is 36.7 Å². The predicted molar refractivity (Wildman–Crippen MR) is 181 cm³/mol. The van der Waals surface area contributed by atoms with Gasteiger partial charge in [0.2, 0.25) is 0 Å². The van der Waals surface area contributed by atoms with Crippen molar-refractivity contribution in [3.05, 3.63) is 0 Å². The molecule has 0 aromatic heterocycles. The molecule has 0 spiro atoms. The molecule has 40 heavy (non-hydrogen) atoms. The molecule has 240 valence electrons. The second kappa shape index (κ2) is 36.7. The van der Waals surface area contributed by atoms with Crippen molar-refractivity contribution in [1.82, 2.24) is 0 Å². The minimum Gasteiger partial charge on any atom is -0.466 e. The van der Waals surface area contributed by atoms with E-state index in [1.807, 2.05) is 0 Å². The Kier molecular flexibility index (Phi) is 38.3. The molecule has 0 saturated heterocycles. The third kappa shape index (κ3) is 35.7. The second-order valence-electron chi connectivity index (χ2n) is 11.3. The van der Waals surface area contributed by atoms with Crippen molar-refractivity contribution in [3.63, 3.8) is 0 Å². The van der Waals surface area contributed by atoms with E-state index in [4.69, 9.17) is 9.47 Å². The fourth-order valence-corrected chi connectivity index (χ4v) is 5.64. The Morgan fingerprint density at radius 2 is 0.675 bits per heavy atom. The SMILES string of the molecule is CCCCCCCCCCCCCCOC(=O)CCSCCC(=O)OCCCCCCCCCCCCCC.S. The Bertz CT molecular complexity index is 472. The van der Waals surface area contributed by atoms with Gasteiger partial charge >= 0.3 is 11.9 Å². The standard InChI is InChI=1S/C34H66O4S.H2S/c1-3-5-7-9-11-13-15-17-19-21-23-25-29-37-33(35)27-31-39-32-28-34(36)38-30-26-24-22-20-18-16-14-12-10-8-6-4-2;/h3-32H2,1-2H3;1H2. The summed E-state index contributed by atoms with van der Waals surface area (Å²) in [4.78, 5) is 23.7. The van der Waals surface area contributed by atoms with Gasteiger partial charge in [0, 0.05) is 11.5 Å². The van der Waals surface area contributed by atoms with Crippen molar-refractivity contribution >= 4 is 37.2 Å². The molecule has 0 atom stereocenters. The molecular weight excluding hydrogens is 537 g/mol.